The van der Waals surface area contributed by atoms with Crippen molar-refractivity contribution in [1.29, 1.82) is 0 Å². The molecule has 0 radical (unpaired) electrons. The van der Waals surface area contributed by atoms with Crippen LogP contribution in [0.3, 0.4) is 0 Å². The molecule has 2 aromatic rings. The fourth-order valence-electron chi connectivity index (χ4n) is 3.20. The molecule has 1 fully saturated rings. The van der Waals surface area contributed by atoms with Crippen LogP contribution in [0.5, 0.6) is 0 Å². The van der Waals surface area contributed by atoms with Gasteiger partial charge in [-0.25, -0.2) is 0 Å². The first kappa shape index (κ1) is 20.1. The third-order valence-corrected chi connectivity index (χ3v) is 4.86. The molecular weight excluding hydrogens is 379 g/mol. The van der Waals surface area contributed by atoms with Gasteiger partial charge in [-0.1, -0.05) is 12.1 Å². The number of benzene rings is 1. The molecule has 0 saturated carbocycles. The topological polar surface area (TPSA) is 88.5 Å². The van der Waals surface area contributed by atoms with Gasteiger partial charge in [0.1, 0.15) is 5.69 Å². The van der Waals surface area contributed by atoms with Gasteiger partial charge in [-0.05, 0) is 19.1 Å². The van der Waals surface area contributed by atoms with Gasteiger partial charge in [0.2, 0.25) is 5.89 Å². The van der Waals surface area contributed by atoms with E-state index in [0.29, 0.717) is 50.4 Å². The average molecular weight is 399 g/mol. The van der Waals surface area contributed by atoms with Gasteiger partial charge in [0, 0.05) is 38.7 Å². The number of hydrogen-bond donors (Lipinski definition) is 0. The van der Waals surface area contributed by atoms with Crippen LogP contribution in [0.2, 0.25) is 0 Å². The Kier molecular flexibility index (Phi) is 5.54. The predicted octanol–water partition coefficient (Wildman–Crippen LogP) is 3.44. The monoisotopic (exact) mass is 399 g/mol. The number of aromatic nitrogens is 2. The lowest BCUT2D eigenvalue weighted by Crippen LogP contribution is -2.47. The summed E-state index contributed by atoms with van der Waals surface area (Å²) in [6, 6.07) is 2.53. The molecule has 11 heteroatoms. The molecule has 0 spiro atoms. The lowest BCUT2D eigenvalue weighted by molar-refractivity contribution is -0.384. The third kappa shape index (κ3) is 4.08. The van der Waals surface area contributed by atoms with Crippen LogP contribution in [-0.2, 0) is 12.6 Å². The second-order valence-electron chi connectivity index (χ2n) is 6.56. The Hall–Kier alpha value is -2.69. The zero-order valence-electron chi connectivity index (χ0n) is 15.4. The highest BCUT2D eigenvalue weighted by atomic mass is 19.4. The minimum atomic E-state index is -4.63. The predicted molar refractivity (Wildman–Crippen MR) is 94.0 cm³/mol. The molecule has 2 heterocycles. The number of hydrogen-bond acceptors (Lipinski definition) is 7. The number of anilines is 1. The Balaban J connectivity index is 1.73. The van der Waals surface area contributed by atoms with E-state index in [1.807, 2.05) is 13.8 Å². The van der Waals surface area contributed by atoms with Gasteiger partial charge in [0.25, 0.3) is 5.69 Å². The molecule has 8 nitrogen and oxygen atoms in total. The lowest BCUT2D eigenvalue weighted by Gasteiger charge is -2.37. The van der Waals surface area contributed by atoms with Crippen LogP contribution in [0.1, 0.15) is 37.2 Å². The van der Waals surface area contributed by atoms with Crippen molar-refractivity contribution < 1.29 is 22.6 Å². The fourth-order valence-corrected chi connectivity index (χ4v) is 3.20. The van der Waals surface area contributed by atoms with Crippen molar-refractivity contribution in [2.24, 2.45) is 0 Å². The Morgan fingerprint density at radius 1 is 1.29 bits per heavy atom. The molecule has 1 atom stereocenters. The number of alkyl halides is 3. The molecule has 1 aromatic carbocycles. The first-order valence-corrected chi connectivity index (χ1v) is 8.87. The van der Waals surface area contributed by atoms with Gasteiger partial charge < -0.3 is 9.42 Å². The van der Waals surface area contributed by atoms with E-state index in [1.165, 1.54) is 6.07 Å². The summed E-state index contributed by atoms with van der Waals surface area (Å²) in [7, 11) is 0. The van der Waals surface area contributed by atoms with E-state index < -0.39 is 22.4 Å². The van der Waals surface area contributed by atoms with Gasteiger partial charge in [0.05, 0.1) is 16.5 Å². The van der Waals surface area contributed by atoms with Crippen LogP contribution >= 0.6 is 0 Å². The number of nitro groups is 1. The molecule has 28 heavy (non-hydrogen) atoms. The van der Waals surface area contributed by atoms with Crippen LogP contribution in [0, 0.1) is 10.1 Å². The number of piperazine rings is 1. The van der Waals surface area contributed by atoms with E-state index in [4.69, 9.17) is 4.52 Å². The molecule has 0 aliphatic carbocycles. The largest absolute Gasteiger partial charge is 0.416 e. The number of halogens is 3. The number of nitro benzene ring substituents is 1. The maximum Gasteiger partial charge on any atom is 0.416 e. The van der Waals surface area contributed by atoms with Crippen molar-refractivity contribution in [3.63, 3.8) is 0 Å². The number of nitrogens with zero attached hydrogens (tertiary/aromatic N) is 5. The van der Waals surface area contributed by atoms with E-state index >= 15 is 0 Å². The average Bonchev–Trinajstić information content (AvgIpc) is 3.15. The molecule has 0 unspecified atom stereocenters. The van der Waals surface area contributed by atoms with Gasteiger partial charge >= 0.3 is 6.18 Å². The minimum Gasteiger partial charge on any atom is -0.363 e. The third-order valence-electron chi connectivity index (χ3n) is 4.86. The van der Waals surface area contributed by atoms with E-state index in [-0.39, 0.29) is 11.7 Å². The van der Waals surface area contributed by atoms with E-state index in [2.05, 4.69) is 15.0 Å². The second kappa shape index (κ2) is 7.74. The molecule has 1 aliphatic heterocycles. The summed E-state index contributed by atoms with van der Waals surface area (Å²) >= 11 is 0. The van der Waals surface area contributed by atoms with Gasteiger partial charge in [-0.2, -0.15) is 18.2 Å². The SMILES string of the molecule is CCc1noc([C@@H](C)N2CCN(c3ccc(C(F)(F)F)cc3[N+](=O)[O-])CC2)n1. The first-order valence-electron chi connectivity index (χ1n) is 8.87. The van der Waals surface area contributed by atoms with E-state index in [1.54, 1.807) is 4.90 Å². The maximum atomic E-state index is 12.9. The van der Waals surface area contributed by atoms with Crippen molar-refractivity contribution in [2.45, 2.75) is 32.5 Å². The maximum absolute atomic E-state index is 12.9. The summed E-state index contributed by atoms with van der Waals surface area (Å²) in [5, 5.41) is 15.2. The van der Waals surface area contributed by atoms with Gasteiger partial charge in [-0.15, -0.1) is 0 Å². The fraction of sp³-hybridized carbons (Fsp3) is 0.529. The zero-order chi connectivity index (χ0) is 20.5. The summed E-state index contributed by atoms with van der Waals surface area (Å²) in [4.78, 5) is 18.7. The Labute approximate surface area is 159 Å². The highest BCUT2D eigenvalue weighted by molar-refractivity contribution is 5.65. The Morgan fingerprint density at radius 3 is 2.50 bits per heavy atom. The molecule has 1 aliphatic rings. The standard InChI is InChI=1S/C17H20F3N5O3/c1-3-15-21-16(28-22-15)11(2)23-6-8-24(9-7-23)13-5-4-12(17(18,19)20)10-14(13)25(26)27/h4-5,10-11H,3,6-9H2,1-2H3/t11-/m1/s1. The van der Waals surface area contributed by atoms with Crippen LogP contribution in [-0.4, -0.2) is 46.1 Å². The van der Waals surface area contributed by atoms with Crippen LogP contribution in [0.25, 0.3) is 0 Å². The van der Waals surface area contributed by atoms with Crippen molar-refractivity contribution in [3.05, 3.63) is 45.6 Å². The summed E-state index contributed by atoms with van der Waals surface area (Å²) in [6.45, 7) is 5.85. The molecule has 152 valence electrons. The Bertz CT molecular complexity index is 847. The number of rotatable bonds is 5. The second-order valence-corrected chi connectivity index (χ2v) is 6.56. The smallest absolute Gasteiger partial charge is 0.363 e. The number of aryl methyl sites for hydroxylation is 1. The first-order chi connectivity index (χ1) is 13.2. The Morgan fingerprint density at radius 2 is 1.96 bits per heavy atom. The molecule has 3 rings (SSSR count). The lowest BCUT2D eigenvalue weighted by atomic mass is 10.1. The molecule has 1 saturated heterocycles. The van der Waals surface area contributed by atoms with E-state index in [0.717, 1.165) is 6.07 Å². The molecule has 0 bridgehead atoms. The normalized spacial score (nSPS) is 17.0. The van der Waals surface area contributed by atoms with Crippen LogP contribution in [0.4, 0.5) is 24.5 Å². The van der Waals surface area contributed by atoms with Crippen molar-refractivity contribution in [3.8, 4) is 0 Å². The summed E-state index contributed by atoms with van der Waals surface area (Å²) in [6.07, 6.45) is -3.96. The molecule has 0 N–H and O–H groups in total. The van der Waals surface area contributed by atoms with Gasteiger partial charge in [-0.3, -0.25) is 15.0 Å². The van der Waals surface area contributed by atoms with Crippen LogP contribution in [0.15, 0.2) is 22.7 Å². The van der Waals surface area contributed by atoms with Crippen LogP contribution < -0.4 is 4.90 Å². The van der Waals surface area contributed by atoms with Crippen molar-refractivity contribution in [1.82, 2.24) is 15.0 Å². The molecule has 0 amide bonds. The quantitative estimate of drug-likeness (QED) is 0.562. The minimum absolute atomic E-state index is 0.113. The summed E-state index contributed by atoms with van der Waals surface area (Å²) < 4.78 is 43.9. The van der Waals surface area contributed by atoms with Crippen molar-refractivity contribution >= 4 is 11.4 Å². The molecule has 1 aromatic heterocycles. The summed E-state index contributed by atoms with van der Waals surface area (Å²) in [5.74, 6) is 1.13. The van der Waals surface area contributed by atoms with Gasteiger partial charge in [0.15, 0.2) is 5.82 Å². The van der Waals surface area contributed by atoms with E-state index in [9.17, 15) is 23.3 Å². The highest BCUT2D eigenvalue weighted by Gasteiger charge is 2.34. The highest BCUT2D eigenvalue weighted by Crippen LogP contribution is 2.37. The van der Waals surface area contributed by atoms with Crippen molar-refractivity contribution in [2.75, 3.05) is 31.1 Å². The summed E-state index contributed by atoms with van der Waals surface area (Å²) in [5.41, 5.74) is -1.38. The molecular formula is C17H20F3N5O3. The zero-order valence-corrected chi connectivity index (χ0v) is 15.4.